The van der Waals surface area contributed by atoms with E-state index in [2.05, 4.69) is 30.4 Å². The standard InChI is InChI=1S/C22H30N8O6/c1-4-34-22(33)29-7-5-12(6-8-29)26-18-13-19(24-9-23-18)30(10-25-13)21-15(32)14(31)16(35-21)20-27-17(11(2)3)28-36-20/h9-12,14-16,21,31-32H,4-8H2,1-3H3,(H,23,24,26)/t14-,15-,16-,21+/m0/s1. The lowest BCUT2D eigenvalue weighted by atomic mass is 10.1. The molecule has 3 aromatic rings. The van der Waals surface area contributed by atoms with Gasteiger partial charge in [-0.05, 0) is 19.8 Å². The van der Waals surface area contributed by atoms with Crippen molar-refractivity contribution in [1.29, 1.82) is 0 Å². The predicted octanol–water partition coefficient (Wildman–Crippen LogP) is 1.36. The van der Waals surface area contributed by atoms with Crippen LogP contribution in [0.15, 0.2) is 17.2 Å². The summed E-state index contributed by atoms with van der Waals surface area (Å²) in [4.78, 5) is 31.1. The van der Waals surface area contributed by atoms with Crippen LogP contribution in [-0.2, 0) is 9.47 Å². The molecule has 14 heteroatoms. The van der Waals surface area contributed by atoms with Crippen molar-refractivity contribution in [2.45, 2.75) is 70.1 Å². The van der Waals surface area contributed by atoms with Gasteiger partial charge in [-0.15, -0.1) is 0 Å². The molecule has 2 fully saturated rings. The SMILES string of the molecule is CCOC(=O)N1CCC(Nc2ncnc3c2ncn3[C@@H]2O[C@H](c3nc(C(C)C)no3)[C@@H](O)[C@@H]2O)CC1. The maximum atomic E-state index is 11.9. The lowest BCUT2D eigenvalue weighted by Gasteiger charge is -2.31. The molecule has 3 N–H and O–H groups in total. The van der Waals surface area contributed by atoms with Gasteiger partial charge in [-0.3, -0.25) is 4.57 Å². The Hall–Kier alpha value is -3.36. The number of carbonyl (C=O) groups excluding carboxylic acids is 1. The minimum Gasteiger partial charge on any atom is -0.450 e. The topological polar surface area (TPSA) is 174 Å². The molecule has 0 aliphatic carbocycles. The third-order valence-corrected chi connectivity index (χ3v) is 6.45. The lowest BCUT2D eigenvalue weighted by Crippen LogP contribution is -2.42. The number of fused-ring (bicyclic) bond motifs is 1. The highest BCUT2D eigenvalue weighted by Gasteiger charge is 2.47. The minimum absolute atomic E-state index is 0.0411. The van der Waals surface area contributed by atoms with E-state index in [1.165, 1.54) is 12.7 Å². The Kier molecular flexibility index (Phi) is 6.73. The van der Waals surface area contributed by atoms with Gasteiger partial charge in [0.1, 0.15) is 18.5 Å². The Morgan fingerprint density at radius 2 is 2.00 bits per heavy atom. The summed E-state index contributed by atoms with van der Waals surface area (Å²) in [6, 6.07) is 0.0890. The molecular weight excluding hydrogens is 472 g/mol. The molecule has 0 spiro atoms. The van der Waals surface area contributed by atoms with Gasteiger partial charge in [0.25, 0.3) is 5.89 Å². The molecule has 4 atom stereocenters. The quantitative estimate of drug-likeness (QED) is 0.442. The van der Waals surface area contributed by atoms with Gasteiger partial charge in [0.2, 0.25) is 0 Å². The van der Waals surface area contributed by atoms with Crippen LogP contribution in [0.4, 0.5) is 10.6 Å². The molecule has 0 unspecified atom stereocenters. The molecule has 5 heterocycles. The fourth-order valence-corrected chi connectivity index (χ4v) is 4.45. The normalized spacial score (nSPS) is 25.1. The molecule has 0 saturated carbocycles. The van der Waals surface area contributed by atoms with E-state index in [0.29, 0.717) is 42.5 Å². The zero-order valence-corrected chi connectivity index (χ0v) is 20.3. The number of imidazole rings is 1. The van der Waals surface area contributed by atoms with Gasteiger partial charge in [0.15, 0.2) is 35.1 Å². The van der Waals surface area contributed by atoms with Crippen molar-refractivity contribution in [1.82, 2.24) is 34.6 Å². The van der Waals surface area contributed by atoms with E-state index in [9.17, 15) is 15.0 Å². The van der Waals surface area contributed by atoms with Gasteiger partial charge in [0.05, 0.1) is 12.9 Å². The van der Waals surface area contributed by atoms with Gasteiger partial charge in [-0.1, -0.05) is 19.0 Å². The molecule has 194 valence electrons. The van der Waals surface area contributed by atoms with Crippen LogP contribution in [0.25, 0.3) is 11.2 Å². The number of aliphatic hydroxyl groups excluding tert-OH is 2. The van der Waals surface area contributed by atoms with E-state index in [0.717, 1.165) is 12.8 Å². The van der Waals surface area contributed by atoms with Gasteiger partial charge >= 0.3 is 6.09 Å². The number of nitrogens with one attached hydrogen (secondary N) is 1. The van der Waals surface area contributed by atoms with E-state index < -0.39 is 24.5 Å². The maximum absolute atomic E-state index is 11.9. The largest absolute Gasteiger partial charge is 0.450 e. The Bertz CT molecular complexity index is 1210. The van der Waals surface area contributed by atoms with Gasteiger partial charge in [-0.2, -0.15) is 4.98 Å². The Morgan fingerprint density at radius 1 is 1.22 bits per heavy atom. The summed E-state index contributed by atoms with van der Waals surface area (Å²) in [6.07, 6.45) is -0.472. The summed E-state index contributed by atoms with van der Waals surface area (Å²) in [5.74, 6) is 1.17. The highest BCUT2D eigenvalue weighted by Crippen LogP contribution is 2.39. The van der Waals surface area contributed by atoms with Crippen LogP contribution >= 0.6 is 0 Å². The third-order valence-electron chi connectivity index (χ3n) is 6.45. The zero-order chi connectivity index (χ0) is 25.4. The number of ether oxygens (including phenoxy) is 2. The third kappa shape index (κ3) is 4.47. The zero-order valence-electron chi connectivity index (χ0n) is 20.3. The fourth-order valence-electron chi connectivity index (χ4n) is 4.45. The lowest BCUT2D eigenvalue weighted by molar-refractivity contribution is -0.0451. The van der Waals surface area contributed by atoms with Crippen LogP contribution < -0.4 is 5.32 Å². The molecule has 0 radical (unpaired) electrons. The van der Waals surface area contributed by atoms with Crippen molar-refractivity contribution in [2.24, 2.45) is 0 Å². The Balaban J connectivity index is 1.31. The maximum Gasteiger partial charge on any atom is 0.409 e. The van der Waals surface area contributed by atoms with Crippen LogP contribution in [0.3, 0.4) is 0 Å². The summed E-state index contributed by atoms with van der Waals surface area (Å²) < 4.78 is 17.9. The molecule has 0 aromatic carbocycles. The number of nitrogens with zero attached hydrogens (tertiary/aromatic N) is 7. The van der Waals surface area contributed by atoms with Crippen molar-refractivity contribution in [3.8, 4) is 0 Å². The number of likely N-dealkylation sites (tertiary alicyclic amines) is 1. The van der Waals surface area contributed by atoms with Crippen molar-refractivity contribution in [3.63, 3.8) is 0 Å². The van der Waals surface area contributed by atoms with Crippen LogP contribution in [0.2, 0.25) is 0 Å². The van der Waals surface area contributed by atoms with E-state index in [-0.39, 0.29) is 23.9 Å². The molecule has 2 aliphatic heterocycles. The van der Waals surface area contributed by atoms with Crippen molar-refractivity contribution in [2.75, 3.05) is 25.0 Å². The molecule has 1 amide bonds. The summed E-state index contributed by atoms with van der Waals surface area (Å²) in [7, 11) is 0. The number of amides is 1. The van der Waals surface area contributed by atoms with E-state index >= 15 is 0 Å². The number of anilines is 1. The molecule has 3 aromatic heterocycles. The number of hydrogen-bond acceptors (Lipinski definition) is 12. The average Bonchev–Trinajstić information content (AvgIpc) is 3.59. The molecule has 36 heavy (non-hydrogen) atoms. The first-order chi connectivity index (χ1) is 17.4. The Labute approximate surface area is 206 Å². The number of rotatable bonds is 6. The highest BCUT2D eigenvalue weighted by molar-refractivity contribution is 5.82. The second-order valence-electron chi connectivity index (χ2n) is 9.22. The van der Waals surface area contributed by atoms with Crippen LogP contribution in [0, 0.1) is 0 Å². The number of carbonyl (C=O) groups is 1. The number of piperidine rings is 1. The Morgan fingerprint density at radius 3 is 2.69 bits per heavy atom. The summed E-state index contributed by atoms with van der Waals surface area (Å²) in [5, 5.41) is 28.7. The average molecular weight is 503 g/mol. The number of aromatic nitrogens is 6. The summed E-state index contributed by atoms with van der Waals surface area (Å²) >= 11 is 0. The van der Waals surface area contributed by atoms with Gasteiger partial charge < -0.3 is 34.4 Å². The van der Waals surface area contributed by atoms with Gasteiger partial charge in [0, 0.05) is 25.0 Å². The highest BCUT2D eigenvalue weighted by atomic mass is 16.6. The second-order valence-corrected chi connectivity index (χ2v) is 9.22. The summed E-state index contributed by atoms with van der Waals surface area (Å²) in [5.41, 5.74) is 0.931. The smallest absolute Gasteiger partial charge is 0.409 e. The molecule has 0 bridgehead atoms. The first kappa shape index (κ1) is 24.3. The molecule has 2 aliphatic rings. The summed E-state index contributed by atoms with van der Waals surface area (Å²) in [6.45, 7) is 7.14. The molecule has 2 saturated heterocycles. The van der Waals surface area contributed by atoms with Crippen LogP contribution in [0.5, 0.6) is 0 Å². The van der Waals surface area contributed by atoms with Crippen molar-refractivity contribution < 1.29 is 29.0 Å². The van der Waals surface area contributed by atoms with Crippen molar-refractivity contribution in [3.05, 3.63) is 24.4 Å². The van der Waals surface area contributed by atoms with Crippen molar-refractivity contribution >= 4 is 23.1 Å². The molecule has 5 rings (SSSR count). The molecular formula is C22H30N8O6. The molecule has 14 nitrogen and oxygen atoms in total. The number of hydrogen-bond donors (Lipinski definition) is 3. The second kappa shape index (κ2) is 9.95. The van der Waals surface area contributed by atoms with E-state index in [1.54, 1.807) is 16.4 Å². The van der Waals surface area contributed by atoms with E-state index in [1.807, 2.05) is 13.8 Å². The van der Waals surface area contributed by atoms with Crippen LogP contribution in [-0.4, -0.2) is 88.8 Å². The first-order valence-electron chi connectivity index (χ1n) is 12.1. The van der Waals surface area contributed by atoms with Gasteiger partial charge in [-0.25, -0.2) is 19.7 Å². The van der Waals surface area contributed by atoms with Crippen LogP contribution in [0.1, 0.15) is 63.6 Å². The minimum atomic E-state index is -1.28. The predicted molar refractivity (Wildman–Crippen MR) is 124 cm³/mol. The number of aliphatic hydroxyl groups is 2. The fraction of sp³-hybridized carbons (Fsp3) is 0.636. The monoisotopic (exact) mass is 502 g/mol. The van der Waals surface area contributed by atoms with E-state index in [4.69, 9.17) is 14.0 Å². The first-order valence-corrected chi connectivity index (χ1v) is 12.1.